The van der Waals surface area contributed by atoms with Crippen molar-refractivity contribution < 1.29 is 4.39 Å². The van der Waals surface area contributed by atoms with Crippen LogP contribution in [0.2, 0.25) is 0 Å². The van der Waals surface area contributed by atoms with Crippen LogP contribution in [0.4, 0.5) is 4.39 Å². The van der Waals surface area contributed by atoms with Crippen molar-refractivity contribution in [1.82, 2.24) is 5.32 Å². The predicted molar refractivity (Wildman–Crippen MR) is 100 cm³/mol. The summed E-state index contributed by atoms with van der Waals surface area (Å²) in [6, 6.07) is -0.164. The van der Waals surface area contributed by atoms with Crippen LogP contribution in [0, 0.1) is 0 Å². The van der Waals surface area contributed by atoms with Gasteiger partial charge in [0.15, 0.2) is 5.95 Å². The molecule has 5 N–H and O–H groups in total. The summed E-state index contributed by atoms with van der Waals surface area (Å²) in [7, 11) is 0. The largest absolute Gasteiger partial charge is 0.401 e. The fourth-order valence-electron chi connectivity index (χ4n) is 2.10. The molecule has 23 heavy (non-hydrogen) atoms. The van der Waals surface area contributed by atoms with Gasteiger partial charge in [-0.2, -0.15) is 4.39 Å². The number of hydrogen-bond acceptors (Lipinski definition) is 4. The van der Waals surface area contributed by atoms with Gasteiger partial charge in [-0.1, -0.05) is 43.5 Å². The van der Waals surface area contributed by atoms with Crippen molar-refractivity contribution in [3.8, 4) is 0 Å². The van der Waals surface area contributed by atoms with E-state index in [0.29, 0.717) is 23.6 Å². The zero-order valence-corrected chi connectivity index (χ0v) is 14.0. The zero-order valence-electron chi connectivity index (χ0n) is 13.1. The summed E-state index contributed by atoms with van der Waals surface area (Å²) in [5.41, 5.74) is 13.6. The van der Waals surface area contributed by atoms with Gasteiger partial charge in [0.2, 0.25) is 0 Å². The fourth-order valence-corrected chi connectivity index (χ4v) is 2.36. The number of hydrogen-bond donors (Lipinski definition) is 4. The fraction of sp³-hybridized carbons (Fsp3) is 0.222. The van der Waals surface area contributed by atoms with Crippen molar-refractivity contribution in [1.29, 1.82) is 0 Å². The van der Waals surface area contributed by atoms with Crippen molar-refractivity contribution in [2.45, 2.75) is 18.9 Å². The standard InChI is InChI=1S/C18H24FN3S/c1-3-14-7-5-4-6-8-15(14)12-22-17(13(2)20)11-16(23)9-10-18(19)21/h3-7,9-10,17,22-23H,1-2,8,11-12,20-21H2/b16-9+,18-10-. The molecular formula is C18H24FN3S. The van der Waals surface area contributed by atoms with Crippen molar-refractivity contribution >= 4 is 12.6 Å². The van der Waals surface area contributed by atoms with Gasteiger partial charge in [-0.05, 0) is 41.0 Å². The van der Waals surface area contributed by atoms with Crippen LogP contribution < -0.4 is 16.8 Å². The maximum atomic E-state index is 12.5. The van der Waals surface area contributed by atoms with Gasteiger partial charge in [-0.25, -0.2) is 0 Å². The van der Waals surface area contributed by atoms with E-state index >= 15 is 0 Å². The maximum Gasteiger partial charge on any atom is 0.184 e. The highest BCUT2D eigenvalue weighted by atomic mass is 32.1. The lowest BCUT2D eigenvalue weighted by Gasteiger charge is -2.20. The van der Waals surface area contributed by atoms with E-state index in [0.717, 1.165) is 18.1 Å². The van der Waals surface area contributed by atoms with E-state index in [4.69, 9.17) is 11.5 Å². The summed E-state index contributed by atoms with van der Waals surface area (Å²) in [5.74, 6) is -0.759. The Hall–Kier alpha value is -1.98. The van der Waals surface area contributed by atoms with Gasteiger partial charge in [0.1, 0.15) is 0 Å². The topological polar surface area (TPSA) is 64.1 Å². The van der Waals surface area contributed by atoms with Crippen LogP contribution in [0.25, 0.3) is 0 Å². The number of allylic oxidation sites excluding steroid dienone is 8. The molecule has 1 unspecified atom stereocenters. The Bertz CT molecular complexity index is 593. The molecule has 0 heterocycles. The van der Waals surface area contributed by atoms with Gasteiger partial charge < -0.3 is 16.8 Å². The lowest BCUT2D eigenvalue weighted by molar-refractivity contribution is 0.593. The van der Waals surface area contributed by atoms with Gasteiger partial charge >= 0.3 is 0 Å². The van der Waals surface area contributed by atoms with Gasteiger partial charge in [-0.15, -0.1) is 12.6 Å². The predicted octanol–water partition coefficient (Wildman–Crippen LogP) is 3.39. The van der Waals surface area contributed by atoms with Crippen LogP contribution in [-0.2, 0) is 0 Å². The highest BCUT2D eigenvalue weighted by Gasteiger charge is 2.12. The first kappa shape index (κ1) is 19.1. The second-order valence-electron chi connectivity index (χ2n) is 5.18. The lowest BCUT2D eigenvalue weighted by atomic mass is 10.0. The molecule has 0 spiro atoms. The molecule has 5 heteroatoms. The minimum absolute atomic E-state index is 0.164. The molecule has 0 aromatic heterocycles. The molecule has 1 aliphatic carbocycles. The Labute approximate surface area is 143 Å². The summed E-state index contributed by atoms with van der Waals surface area (Å²) >= 11 is 4.32. The summed E-state index contributed by atoms with van der Waals surface area (Å²) in [4.78, 5) is 0.660. The number of halogens is 1. The Morgan fingerprint density at radius 3 is 2.74 bits per heavy atom. The van der Waals surface area contributed by atoms with E-state index in [1.165, 1.54) is 11.6 Å². The smallest absolute Gasteiger partial charge is 0.184 e. The average Bonchev–Trinajstić information content (AvgIpc) is 2.73. The third-order valence-corrected chi connectivity index (χ3v) is 3.70. The van der Waals surface area contributed by atoms with Gasteiger partial charge in [0.25, 0.3) is 0 Å². The third-order valence-electron chi connectivity index (χ3n) is 3.37. The molecule has 0 aromatic rings. The average molecular weight is 333 g/mol. The first-order chi connectivity index (χ1) is 10.9. The van der Waals surface area contributed by atoms with E-state index in [1.807, 2.05) is 24.3 Å². The summed E-state index contributed by atoms with van der Waals surface area (Å²) in [5, 5.41) is 3.37. The molecule has 1 rings (SSSR count). The minimum atomic E-state index is -0.759. The van der Waals surface area contributed by atoms with E-state index < -0.39 is 5.95 Å². The van der Waals surface area contributed by atoms with E-state index in [-0.39, 0.29) is 6.04 Å². The quantitative estimate of drug-likeness (QED) is 0.313. The first-order valence-corrected chi connectivity index (χ1v) is 7.75. The molecule has 3 nitrogen and oxygen atoms in total. The van der Waals surface area contributed by atoms with Crippen molar-refractivity contribution in [2.24, 2.45) is 11.5 Å². The van der Waals surface area contributed by atoms with E-state index in [1.54, 1.807) is 0 Å². The minimum Gasteiger partial charge on any atom is -0.401 e. The lowest BCUT2D eigenvalue weighted by Crippen LogP contribution is -2.35. The Morgan fingerprint density at radius 2 is 2.13 bits per heavy atom. The van der Waals surface area contributed by atoms with Crippen LogP contribution in [0.3, 0.4) is 0 Å². The van der Waals surface area contributed by atoms with Crippen LogP contribution in [0.1, 0.15) is 12.8 Å². The van der Waals surface area contributed by atoms with Crippen LogP contribution in [0.5, 0.6) is 0 Å². The Morgan fingerprint density at radius 1 is 1.39 bits per heavy atom. The molecule has 0 saturated carbocycles. The molecule has 0 aromatic carbocycles. The van der Waals surface area contributed by atoms with Gasteiger partial charge in [0.05, 0.1) is 6.04 Å². The molecule has 0 radical (unpaired) electrons. The molecule has 0 fully saturated rings. The molecule has 0 amide bonds. The van der Waals surface area contributed by atoms with Crippen LogP contribution >= 0.6 is 12.6 Å². The van der Waals surface area contributed by atoms with Gasteiger partial charge in [0, 0.05) is 12.2 Å². The summed E-state index contributed by atoms with van der Waals surface area (Å²) in [6.45, 7) is 8.30. The summed E-state index contributed by atoms with van der Waals surface area (Å²) in [6.07, 6.45) is 14.0. The van der Waals surface area contributed by atoms with E-state index in [2.05, 4.69) is 37.2 Å². The monoisotopic (exact) mass is 333 g/mol. The third kappa shape index (κ3) is 7.21. The highest BCUT2D eigenvalue weighted by Crippen LogP contribution is 2.17. The molecule has 0 aliphatic heterocycles. The number of nitrogens with two attached hydrogens (primary N) is 2. The first-order valence-electron chi connectivity index (χ1n) is 7.30. The van der Waals surface area contributed by atoms with E-state index in [9.17, 15) is 4.39 Å². The van der Waals surface area contributed by atoms with Crippen molar-refractivity contribution in [2.75, 3.05) is 6.54 Å². The van der Waals surface area contributed by atoms with Crippen molar-refractivity contribution in [3.63, 3.8) is 0 Å². The number of nitrogens with one attached hydrogen (secondary N) is 1. The molecule has 0 bridgehead atoms. The van der Waals surface area contributed by atoms with Gasteiger partial charge in [-0.3, -0.25) is 0 Å². The maximum absolute atomic E-state index is 12.5. The number of rotatable bonds is 8. The molecule has 124 valence electrons. The normalized spacial score (nSPS) is 17.1. The zero-order chi connectivity index (χ0) is 17.2. The SMILES string of the molecule is C=CC1=C(CNC(C/C(S)=C\C=C(/N)F)C(=C)N)CC=CC=C1. The highest BCUT2D eigenvalue weighted by molar-refractivity contribution is 7.84. The Kier molecular flexibility index (Phi) is 8.22. The summed E-state index contributed by atoms with van der Waals surface area (Å²) < 4.78 is 12.5. The molecule has 0 saturated heterocycles. The second-order valence-corrected chi connectivity index (χ2v) is 5.75. The second kappa shape index (κ2) is 9.92. The van der Waals surface area contributed by atoms with Crippen LogP contribution in [0.15, 0.2) is 83.4 Å². The molecular weight excluding hydrogens is 309 g/mol. The van der Waals surface area contributed by atoms with Crippen molar-refractivity contribution in [3.05, 3.63) is 83.4 Å². The Balaban J connectivity index is 2.75. The molecule has 1 aliphatic rings. The molecule has 1 atom stereocenters. The van der Waals surface area contributed by atoms with Crippen LogP contribution in [-0.4, -0.2) is 12.6 Å². The number of thiol groups is 1.